The van der Waals surface area contributed by atoms with E-state index >= 15 is 0 Å². The molecule has 2 atom stereocenters. The first-order valence-corrected chi connectivity index (χ1v) is 7.27. The number of hydrogen-bond acceptors (Lipinski definition) is 4. The molecule has 2 unspecified atom stereocenters. The second kappa shape index (κ2) is 7.50. The number of methoxy groups -OCH3 is 2. The zero-order valence-corrected chi connectivity index (χ0v) is 12.6. The molecule has 1 aromatic carbocycles. The Hall–Kier alpha value is -1.26. The molecule has 2 rings (SSSR count). The highest BCUT2D eigenvalue weighted by atomic mass is 16.5. The van der Waals surface area contributed by atoms with Gasteiger partial charge in [0, 0.05) is 24.8 Å². The fourth-order valence-corrected chi connectivity index (χ4v) is 2.60. The summed E-state index contributed by atoms with van der Waals surface area (Å²) in [7, 11) is 3.39. The molecule has 0 aromatic heterocycles. The van der Waals surface area contributed by atoms with Gasteiger partial charge in [-0.15, -0.1) is 0 Å². The number of ether oxygens (including phenoxy) is 3. The van der Waals surface area contributed by atoms with Crippen LogP contribution in [-0.2, 0) is 4.74 Å². The molecule has 0 saturated carbocycles. The van der Waals surface area contributed by atoms with E-state index in [0.29, 0.717) is 5.92 Å². The predicted molar refractivity (Wildman–Crippen MR) is 79.5 cm³/mol. The Balaban J connectivity index is 1.91. The molecule has 1 aliphatic rings. The van der Waals surface area contributed by atoms with Crippen molar-refractivity contribution in [2.45, 2.75) is 25.8 Å². The lowest BCUT2D eigenvalue weighted by Crippen LogP contribution is -2.22. The molecule has 112 valence electrons. The van der Waals surface area contributed by atoms with Crippen molar-refractivity contribution in [3.8, 4) is 11.5 Å². The molecule has 0 aliphatic carbocycles. The second-order valence-electron chi connectivity index (χ2n) is 5.30. The molecule has 1 saturated heterocycles. The monoisotopic (exact) mass is 279 g/mol. The van der Waals surface area contributed by atoms with Crippen molar-refractivity contribution in [3.05, 3.63) is 23.8 Å². The fourth-order valence-electron chi connectivity index (χ4n) is 2.60. The van der Waals surface area contributed by atoms with Gasteiger partial charge in [-0.3, -0.25) is 0 Å². The van der Waals surface area contributed by atoms with Gasteiger partial charge in [0.25, 0.3) is 0 Å². The minimum Gasteiger partial charge on any atom is -0.497 e. The van der Waals surface area contributed by atoms with Crippen LogP contribution < -0.4 is 14.8 Å². The van der Waals surface area contributed by atoms with Gasteiger partial charge in [-0.05, 0) is 50.4 Å². The van der Waals surface area contributed by atoms with E-state index in [-0.39, 0.29) is 6.04 Å². The van der Waals surface area contributed by atoms with Crippen LogP contribution >= 0.6 is 0 Å². The van der Waals surface area contributed by atoms with Gasteiger partial charge in [-0.1, -0.05) is 0 Å². The molecule has 1 heterocycles. The zero-order valence-electron chi connectivity index (χ0n) is 12.6. The molecule has 20 heavy (non-hydrogen) atoms. The van der Waals surface area contributed by atoms with Crippen molar-refractivity contribution in [1.82, 2.24) is 5.32 Å². The topological polar surface area (TPSA) is 39.7 Å². The molecular formula is C16H25NO3. The lowest BCUT2D eigenvalue weighted by molar-refractivity contribution is 0.184. The maximum Gasteiger partial charge on any atom is 0.123 e. The van der Waals surface area contributed by atoms with Crippen LogP contribution in [0.15, 0.2) is 18.2 Å². The Morgan fingerprint density at radius 1 is 1.35 bits per heavy atom. The van der Waals surface area contributed by atoms with Crippen molar-refractivity contribution in [2.75, 3.05) is 34.0 Å². The summed E-state index contributed by atoms with van der Waals surface area (Å²) in [4.78, 5) is 0. The second-order valence-corrected chi connectivity index (χ2v) is 5.30. The summed E-state index contributed by atoms with van der Waals surface area (Å²) in [5, 5.41) is 3.56. The predicted octanol–water partition coefficient (Wildman–Crippen LogP) is 2.78. The van der Waals surface area contributed by atoms with E-state index in [0.717, 1.165) is 43.2 Å². The Morgan fingerprint density at radius 2 is 2.20 bits per heavy atom. The molecular weight excluding hydrogens is 254 g/mol. The zero-order chi connectivity index (χ0) is 14.4. The van der Waals surface area contributed by atoms with E-state index in [2.05, 4.69) is 12.2 Å². The number of benzene rings is 1. The molecule has 1 N–H and O–H groups in total. The van der Waals surface area contributed by atoms with Crippen molar-refractivity contribution in [2.24, 2.45) is 5.92 Å². The molecule has 0 amide bonds. The Morgan fingerprint density at radius 3 is 2.85 bits per heavy atom. The van der Waals surface area contributed by atoms with Gasteiger partial charge in [0.2, 0.25) is 0 Å². The van der Waals surface area contributed by atoms with Gasteiger partial charge >= 0.3 is 0 Å². The molecule has 1 aliphatic heterocycles. The summed E-state index contributed by atoms with van der Waals surface area (Å²) < 4.78 is 16.1. The van der Waals surface area contributed by atoms with Crippen molar-refractivity contribution >= 4 is 0 Å². The molecule has 0 radical (unpaired) electrons. The minimum absolute atomic E-state index is 0.238. The first-order valence-electron chi connectivity index (χ1n) is 7.27. The third-order valence-electron chi connectivity index (χ3n) is 3.93. The molecule has 4 nitrogen and oxygen atoms in total. The number of hydrogen-bond donors (Lipinski definition) is 1. The van der Waals surface area contributed by atoms with Crippen LogP contribution in [0.4, 0.5) is 0 Å². The maximum absolute atomic E-state index is 5.43. The number of nitrogens with one attached hydrogen (secondary N) is 1. The third kappa shape index (κ3) is 3.87. The smallest absolute Gasteiger partial charge is 0.123 e. The van der Waals surface area contributed by atoms with E-state index in [4.69, 9.17) is 14.2 Å². The van der Waals surface area contributed by atoms with Crippen molar-refractivity contribution in [3.63, 3.8) is 0 Å². The molecule has 0 spiro atoms. The number of rotatable bonds is 7. The van der Waals surface area contributed by atoms with E-state index in [9.17, 15) is 0 Å². The van der Waals surface area contributed by atoms with Crippen LogP contribution in [0.25, 0.3) is 0 Å². The summed E-state index contributed by atoms with van der Waals surface area (Å²) in [5.41, 5.74) is 1.13. The van der Waals surface area contributed by atoms with Gasteiger partial charge in [0.1, 0.15) is 11.5 Å². The highest BCUT2D eigenvalue weighted by Crippen LogP contribution is 2.29. The molecule has 1 fully saturated rings. The lowest BCUT2D eigenvalue weighted by Gasteiger charge is -2.19. The van der Waals surface area contributed by atoms with Crippen LogP contribution in [-0.4, -0.2) is 34.0 Å². The van der Waals surface area contributed by atoms with Gasteiger partial charge in [-0.2, -0.15) is 0 Å². The van der Waals surface area contributed by atoms with Crippen molar-refractivity contribution < 1.29 is 14.2 Å². The quantitative estimate of drug-likeness (QED) is 0.833. The third-order valence-corrected chi connectivity index (χ3v) is 3.93. The SMILES string of the molecule is COc1ccc(OC)c(C(C)NCCC2CCOC2)c1. The average molecular weight is 279 g/mol. The summed E-state index contributed by atoms with van der Waals surface area (Å²) in [6, 6.07) is 6.15. The minimum atomic E-state index is 0.238. The van der Waals surface area contributed by atoms with Gasteiger partial charge < -0.3 is 19.5 Å². The van der Waals surface area contributed by atoms with Crippen LogP contribution in [0.1, 0.15) is 31.4 Å². The normalized spacial score (nSPS) is 19.9. The highest BCUT2D eigenvalue weighted by Gasteiger charge is 2.16. The standard InChI is InChI=1S/C16H25NO3/c1-12(17-8-6-13-7-9-20-11-13)15-10-14(18-2)4-5-16(15)19-3/h4-5,10,12-13,17H,6-9,11H2,1-3H3. The first kappa shape index (κ1) is 15.1. The van der Waals surface area contributed by atoms with E-state index in [1.807, 2.05) is 18.2 Å². The van der Waals surface area contributed by atoms with Crippen molar-refractivity contribution in [1.29, 1.82) is 0 Å². The molecule has 0 bridgehead atoms. The lowest BCUT2D eigenvalue weighted by atomic mass is 10.0. The summed E-state index contributed by atoms with van der Waals surface area (Å²) in [6.45, 7) is 4.99. The summed E-state index contributed by atoms with van der Waals surface area (Å²) >= 11 is 0. The fraction of sp³-hybridized carbons (Fsp3) is 0.625. The summed E-state index contributed by atoms with van der Waals surface area (Å²) in [5.74, 6) is 2.47. The van der Waals surface area contributed by atoms with Crippen LogP contribution in [0.5, 0.6) is 11.5 Å². The average Bonchev–Trinajstić information content (AvgIpc) is 2.99. The van der Waals surface area contributed by atoms with Crippen LogP contribution in [0.2, 0.25) is 0 Å². The Kier molecular flexibility index (Phi) is 5.68. The van der Waals surface area contributed by atoms with Crippen LogP contribution in [0.3, 0.4) is 0 Å². The highest BCUT2D eigenvalue weighted by molar-refractivity contribution is 5.42. The van der Waals surface area contributed by atoms with Gasteiger partial charge in [0.05, 0.1) is 14.2 Å². The van der Waals surface area contributed by atoms with E-state index in [1.54, 1.807) is 14.2 Å². The maximum atomic E-state index is 5.43. The largest absolute Gasteiger partial charge is 0.497 e. The Bertz CT molecular complexity index is 416. The van der Waals surface area contributed by atoms with Gasteiger partial charge in [-0.25, -0.2) is 0 Å². The first-order chi connectivity index (χ1) is 9.74. The molecule has 1 aromatic rings. The van der Waals surface area contributed by atoms with E-state index in [1.165, 1.54) is 6.42 Å². The summed E-state index contributed by atoms with van der Waals surface area (Å²) in [6.07, 6.45) is 2.36. The van der Waals surface area contributed by atoms with E-state index < -0.39 is 0 Å². The van der Waals surface area contributed by atoms with Crippen LogP contribution in [0, 0.1) is 5.92 Å². The Labute approximate surface area is 121 Å². The van der Waals surface area contributed by atoms with Gasteiger partial charge in [0.15, 0.2) is 0 Å². The molecule has 4 heteroatoms.